The summed E-state index contributed by atoms with van der Waals surface area (Å²) in [4.78, 5) is 38.1. The molecule has 8 nitrogen and oxygen atoms in total. The summed E-state index contributed by atoms with van der Waals surface area (Å²) in [6, 6.07) is 11.4. The van der Waals surface area contributed by atoms with Crippen LogP contribution in [0.15, 0.2) is 65.3 Å². The summed E-state index contributed by atoms with van der Waals surface area (Å²) < 4.78 is 11.4. The third kappa shape index (κ3) is 5.32. The Labute approximate surface area is 187 Å². The Morgan fingerprint density at radius 3 is 2.71 bits per heavy atom. The highest BCUT2D eigenvalue weighted by atomic mass is 79.9. The third-order valence-corrected chi connectivity index (χ3v) is 4.89. The van der Waals surface area contributed by atoms with E-state index in [-0.39, 0.29) is 5.70 Å². The van der Waals surface area contributed by atoms with Crippen LogP contribution in [0.25, 0.3) is 6.08 Å². The first kappa shape index (κ1) is 22.1. The molecule has 160 valence electrons. The van der Waals surface area contributed by atoms with Crippen LogP contribution >= 0.6 is 15.9 Å². The molecule has 9 heteroatoms. The standard InChI is InChI=1S/C22H20BrN3O5/c1-3-10-31-18-9-8-14(11-15(18)23)12-17-21(28)26(22(29)25-17)13-20(27)24-16-6-4-5-7-19(16)30-2/h3-9,11-12H,1,10,13H2,2H3,(H,24,27)(H,25,29)/b17-12+. The van der Waals surface area contributed by atoms with Crippen LogP contribution < -0.4 is 20.1 Å². The highest BCUT2D eigenvalue weighted by Gasteiger charge is 2.35. The van der Waals surface area contributed by atoms with Crippen LogP contribution in [0.4, 0.5) is 10.5 Å². The van der Waals surface area contributed by atoms with Gasteiger partial charge < -0.3 is 20.1 Å². The van der Waals surface area contributed by atoms with Crippen molar-refractivity contribution in [3.63, 3.8) is 0 Å². The number of benzene rings is 2. The lowest BCUT2D eigenvalue weighted by Crippen LogP contribution is -2.38. The lowest BCUT2D eigenvalue weighted by atomic mass is 10.2. The maximum absolute atomic E-state index is 12.6. The van der Waals surface area contributed by atoms with Crippen molar-refractivity contribution in [3.8, 4) is 11.5 Å². The van der Waals surface area contributed by atoms with Gasteiger partial charge in [0, 0.05) is 0 Å². The zero-order valence-electron chi connectivity index (χ0n) is 16.7. The number of hydrogen-bond acceptors (Lipinski definition) is 5. The molecular formula is C22H20BrN3O5. The molecule has 0 saturated carbocycles. The molecule has 1 aliphatic rings. The lowest BCUT2D eigenvalue weighted by molar-refractivity contribution is -0.127. The molecule has 0 radical (unpaired) electrons. The van der Waals surface area contributed by atoms with E-state index < -0.39 is 24.4 Å². The summed E-state index contributed by atoms with van der Waals surface area (Å²) in [5, 5.41) is 5.14. The molecule has 2 N–H and O–H groups in total. The first-order valence-corrected chi connectivity index (χ1v) is 10.0. The van der Waals surface area contributed by atoms with Crippen molar-refractivity contribution < 1.29 is 23.9 Å². The minimum Gasteiger partial charge on any atom is -0.495 e. The summed E-state index contributed by atoms with van der Waals surface area (Å²) in [5.41, 5.74) is 1.19. The van der Waals surface area contributed by atoms with Crippen LogP contribution in [0, 0.1) is 0 Å². The van der Waals surface area contributed by atoms with E-state index in [4.69, 9.17) is 9.47 Å². The van der Waals surface area contributed by atoms with Crippen molar-refractivity contribution in [2.45, 2.75) is 0 Å². The largest absolute Gasteiger partial charge is 0.495 e. The molecule has 0 unspecified atom stereocenters. The zero-order valence-corrected chi connectivity index (χ0v) is 18.3. The molecule has 1 saturated heterocycles. The Hall–Kier alpha value is -3.59. The summed E-state index contributed by atoms with van der Waals surface area (Å²) in [5.74, 6) is -0.0257. The number of imide groups is 1. The number of methoxy groups -OCH3 is 1. The Kier molecular flexibility index (Phi) is 7.09. The smallest absolute Gasteiger partial charge is 0.329 e. The normalized spacial score (nSPS) is 14.4. The van der Waals surface area contributed by atoms with E-state index >= 15 is 0 Å². The molecule has 0 bridgehead atoms. The topological polar surface area (TPSA) is 97.0 Å². The lowest BCUT2D eigenvalue weighted by Gasteiger charge is -2.13. The fraction of sp³-hybridized carbons (Fsp3) is 0.136. The molecule has 2 aromatic rings. The molecule has 1 fully saturated rings. The highest BCUT2D eigenvalue weighted by molar-refractivity contribution is 9.10. The number of urea groups is 1. The van der Waals surface area contributed by atoms with Crippen LogP contribution in [0.1, 0.15) is 5.56 Å². The number of halogens is 1. The van der Waals surface area contributed by atoms with Crippen molar-refractivity contribution in [3.05, 3.63) is 70.9 Å². The van der Waals surface area contributed by atoms with Gasteiger partial charge in [0.1, 0.15) is 30.3 Å². The maximum Gasteiger partial charge on any atom is 0.329 e. The van der Waals surface area contributed by atoms with Crippen molar-refractivity contribution >= 4 is 45.5 Å². The summed E-state index contributed by atoms with van der Waals surface area (Å²) >= 11 is 3.41. The Morgan fingerprint density at radius 2 is 2.00 bits per heavy atom. The van der Waals surface area contributed by atoms with Gasteiger partial charge >= 0.3 is 6.03 Å². The van der Waals surface area contributed by atoms with Crippen molar-refractivity contribution in [1.29, 1.82) is 0 Å². The monoisotopic (exact) mass is 485 g/mol. The molecular weight excluding hydrogens is 466 g/mol. The second-order valence-corrected chi connectivity index (χ2v) is 7.27. The Balaban J connectivity index is 1.69. The molecule has 1 heterocycles. The summed E-state index contributed by atoms with van der Waals surface area (Å²) in [7, 11) is 1.48. The highest BCUT2D eigenvalue weighted by Crippen LogP contribution is 2.27. The predicted molar refractivity (Wildman–Crippen MR) is 120 cm³/mol. The second-order valence-electron chi connectivity index (χ2n) is 6.42. The van der Waals surface area contributed by atoms with Crippen molar-refractivity contribution in [2.75, 3.05) is 25.6 Å². The number of hydrogen-bond donors (Lipinski definition) is 2. The quantitative estimate of drug-likeness (QED) is 0.338. The number of ether oxygens (including phenoxy) is 2. The van der Waals surface area contributed by atoms with E-state index in [0.717, 1.165) is 4.90 Å². The van der Waals surface area contributed by atoms with Crippen LogP contribution in [-0.4, -0.2) is 43.0 Å². The van der Waals surface area contributed by atoms with E-state index in [1.165, 1.54) is 13.2 Å². The van der Waals surface area contributed by atoms with Crippen molar-refractivity contribution in [2.24, 2.45) is 0 Å². The molecule has 0 spiro atoms. The van der Waals surface area contributed by atoms with Gasteiger partial charge in [-0.15, -0.1) is 0 Å². The summed E-state index contributed by atoms with van der Waals surface area (Å²) in [6.45, 7) is 3.53. The predicted octanol–water partition coefficient (Wildman–Crippen LogP) is 3.55. The number of nitrogens with zero attached hydrogens (tertiary/aromatic N) is 1. The van der Waals surface area contributed by atoms with E-state index in [1.54, 1.807) is 48.5 Å². The molecule has 2 aromatic carbocycles. The SMILES string of the molecule is C=CCOc1ccc(/C=C2/NC(=O)N(CC(=O)Nc3ccccc3OC)C2=O)cc1Br. The van der Waals surface area contributed by atoms with Crippen LogP contribution in [0.5, 0.6) is 11.5 Å². The van der Waals surface area contributed by atoms with Gasteiger partial charge in [-0.25, -0.2) is 9.69 Å². The van der Waals surface area contributed by atoms with Gasteiger partial charge in [0.25, 0.3) is 5.91 Å². The number of anilines is 1. The number of amides is 4. The average molecular weight is 486 g/mol. The van der Waals surface area contributed by atoms with E-state index in [0.29, 0.717) is 33.8 Å². The van der Waals surface area contributed by atoms with Gasteiger partial charge in [0.15, 0.2) is 0 Å². The average Bonchev–Trinajstić information content (AvgIpc) is 3.01. The number of para-hydroxylation sites is 2. The zero-order chi connectivity index (χ0) is 22.4. The molecule has 3 rings (SSSR count). The molecule has 0 atom stereocenters. The van der Waals surface area contributed by atoms with Gasteiger partial charge in [-0.1, -0.05) is 30.9 Å². The van der Waals surface area contributed by atoms with Gasteiger partial charge in [0.05, 0.1) is 17.3 Å². The third-order valence-electron chi connectivity index (χ3n) is 4.27. The fourth-order valence-electron chi connectivity index (χ4n) is 2.84. The molecule has 0 aliphatic carbocycles. The number of carbonyl (C=O) groups excluding carboxylic acids is 3. The van der Waals surface area contributed by atoms with Gasteiger partial charge in [-0.2, -0.15) is 0 Å². The Morgan fingerprint density at radius 1 is 1.23 bits per heavy atom. The first-order valence-electron chi connectivity index (χ1n) is 9.23. The number of nitrogens with one attached hydrogen (secondary N) is 2. The maximum atomic E-state index is 12.6. The minimum absolute atomic E-state index is 0.0711. The van der Waals surface area contributed by atoms with E-state index in [1.807, 2.05) is 0 Å². The molecule has 31 heavy (non-hydrogen) atoms. The van der Waals surface area contributed by atoms with Crippen LogP contribution in [0.3, 0.4) is 0 Å². The van der Waals surface area contributed by atoms with Gasteiger partial charge in [-0.05, 0) is 51.8 Å². The molecule has 0 aromatic heterocycles. The van der Waals surface area contributed by atoms with Gasteiger partial charge in [0.2, 0.25) is 5.91 Å². The Bertz CT molecular complexity index is 1070. The number of carbonyl (C=O) groups is 3. The van der Waals surface area contributed by atoms with Crippen LogP contribution in [-0.2, 0) is 9.59 Å². The second kappa shape index (κ2) is 9.94. The molecule has 4 amide bonds. The molecule has 1 aliphatic heterocycles. The van der Waals surface area contributed by atoms with Crippen LogP contribution in [0.2, 0.25) is 0 Å². The van der Waals surface area contributed by atoms with Crippen molar-refractivity contribution in [1.82, 2.24) is 10.2 Å². The fourth-order valence-corrected chi connectivity index (χ4v) is 3.35. The van der Waals surface area contributed by atoms with E-state index in [2.05, 4.69) is 33.1 Å². The summed E-state index contributed by atoms with van der Waals surface area (Å²) in [6.07, 6.45) is 3.16. The van der Waals surface area contributed by atoms with Gasteiger partial charge in [-0.3, -0.25) is 9.59 Å². The minimum atomic E-state index is -0.670. The van der Waals surface area contributed by atoms with E-state index in [9.17, 15) is 14.4 Å². The first-order chi connectivity index (χ1) is 14.9. The number of rotatable bonds is 8.